The normalized spacial score (nSPS) is 11.8. The molecule has 0 saturated carbocycles. The van der Waals surface area contributed by atoms with Gasteiger partial charge < -0.3 is 0 Å². The van der Waals surface area contributed by atoms with Gasteiger partial charge in [0.25, 0.3) is 0 Å². The average molecular weight is 304 g/mol. The molecule has 92 valence electrons. The molecule has 0 radical (unpaired) electrons. The molecule has 18 heavy (non-hydrogen) atoms. The first-order chi connectivity index (χ1) is 8.75. The molecular weight excluding hydrogens is 289 g/mol. The van der Waals surface area contributed by atoms with Crippen molar-refractivity contribution in [3.63, 3.8) is 0 Å². The van der Waals surface area contributed by atoms with E-state index < -0.39 is 0 Å². The van der Waals surface area contributed by atoms with Gasteiger partial charge in [0.1, 0.15) is 0 Å². The SMILES string of the molecule is CC([Se]c1ccccc1)C(=O)Nc1ccccc1. The van der Waals surface area contributed by atoms with E-state index in [1.807, 2.05) is 55.5 Å². The molecule has 0 aliphatic carbocycles. The second-order valence-corrected chi connectivity index (χ2v) is 6.90. The predicted octanol–water partition coefficient (Wildman–Crippen LogP) is 2.46. The van der Waals surface area contributed by atoms with Crippen LogP contribution in [0.5, 0.6) is 0 Å². The molecule has 1 atom stereocenters. The Labute approximate surface area is 114 Å². The van der Waals surface area contributed by atoms with Crippen molar-refractivity contribution in [1.82, 2.24) is 0 Å². The number of nitrogens with one attached hydrogen (secondary N) is 1. The second kappa shape index (κ2) is 6.39. The number of hydrogen-bond acceptors (Lipinski definition) is 1. The van der Waals surface area contributed by atoms with E-state index in [0.717, 1.165) is 5.69 Å². The van der Waals surface area contributed by atoms with Gasteiger partial charge >= 0.3 is 114 Å². The van der Waals surface area contributed by atoms with Gasteiger partial charge in [-0.25, -0.2) is 0 Å². The molecule has 3 heteroatoms. The second-order valence-electron chi connectivity index (χ2n) is 3.93. The van der Waals surface area contributed by atoms with E-state index in [2.05, 4.69) is 17.4 Å². The van der Waals surface area contributed by atoms with Crippen molar-refractivity contribution in [1.29, 1.82) is 0 Å². The van der Waals surface area contributed by atoms with Crippen molar-refractivity contribution < 1.29 is 4.79 Å². The number of carbonyl (C=O) groups excluding carboxylic acids is 1. The van der Waals surface area contributed by atoms with E-state index in [4.69, 9.17) is 0 Å². The topological polar surface area (TPSA) is 29.1 Å². The summed E-state index contributed by atoms with van der Waals surface area (Å²) < 4.78 is 1.25. The van der Waals surface area contributed by atoms with Crippen LogP contribution in [0.25, 0.3) is 0 Å². The predicted molar refractivity (Wildman–Crippen MR) is 76.3 cm³/mol. The summed E-state index contributed by atoms with van der Waals surface area (Å²) in [7, 11) is 0. The Balaban J connectivity index is 1.93. The fourth-order valence-corrected chi connectivity index (χ4v) is 3.39. The number of para-hydroxylation sites is 1. The molecule has 0 aromatic heterocycles. The Bertz CT molecular complexity index is 498. The monoisotopic (exact) mass is 305 g/mol. The van der Waals surface area contributed by atoms with Crippen LogP contribution >= 0.6 is 0 Å². The van der Waals surface area contributed by atoms with Crippen LogP contribution in [0, 0.1) is 0 Å². The van der Waals surface area contributed by atoms with Crippen molar-refractivity contribution in [3.05, 3.63) is 60.7 Å². The van der Waals surface area contributed by atoms with Gasteiger partial charge in [0, 0.05) is 0 Å². The Morgan fingerprint density at radius 3 is 2.17 bits per heavy atom. The van der Waals surface area contributed by atoms with E-state index in [9.17, 15) is 4.79 Å². The van der Waals surface area contributed by atoms with Crippen molar-refractivity contribution in [2.45, 2.75) is 11.7 Å². The summed E-state index contributed by atoms with van der Waals surface area (Å²) in [6, 6.07) is 19.8. The molecule has 2 aromatic rings. The molecule has 0 aliphatic heterocycles. The van der Waals surface area contributed by atoms with E-state index >= 15 is 0 Å². The standard InChI is InChI=1S/C15H15NOSe/c1-12(18-14-10-6-3-7-11-14)15(17)16-13-8-4-2-5-9-13/h2-12H,1H3,(H,16,17). The average Bonchev–Trinajstić information content (AvgIpc) is 2.41. The van der Waals surface area contributed by atoms with Gasteiger partial charge in [-0.2, -0.15) is 0 Å². The molecule has 0 spiro atoms. The number of rotatable bonds is 4. The molecule has 0 heterocycles. The number of benzene rings is 2. The maximum absolute atomic E-state index is 12.0. The van der Waals surface area contributed by atoms with Crippen LogP contribution in [0.1, 0.15) is 6.92 Å². The number of hydrogen-bond donors (Lipinski definition) is 1. The molecule has 0 bridgehead atoms. The Hall–Kier alpha value is -1.57. The Kier molecular flexibility index (Phi) is 4.57. The van der Waals surface area contributed by atoms with Gasteiger partial charge in [-0.3, -0.25) is 0 Å². The molecule has 1 N–H and O–H groups in total. The third-order valence-corrected chi connectivity index (χ3v) is 4.80. The summed E-state index contributed by atoms with van der Waals surface area (Å²) in [4.78, 5) is 12.0. The number of amides is 1. The van der Waals surface area contributed by atoms with Gasteiger partial charge in [-0.1, -0.05) is 0 Å². The van der Waals surface area contributed by atoms with Gasteiger partial charge in [-0.05, 0) is 0 Å². The van der Waals surface area contributed by atoms with Crippen LogP contribution in [0.4, 0.5) is 5.69 Å². The zero-order valence-electron chi connectivity index (χ0n) is 10.2. The summed E-state index contributed by atoms with van der Waals surface area (Å²) in [6.45, 7) is 1.98. The molecule has 0 saturated heterocycles. The molecule has 2 aromatic carbocycles. The van der Waals surface area contributed by atoms with Crippen molar-refractivity contribution >= 4 is 31.0 Å². The minimum absolute atomic E-state index is 0.0279. The molecule has 1 unspecified atom stereocenters. The van der Waals surface area contributed by atoms with Crippen LogP contribution < -0.4 is 9.78 Å². The quantitative estimate of drug-likeness (QED) is 0.864. The molecule has 2 nitrogen and oxygen atoms in total. The van der Waals surface area contributed by atoms with E-state index in [0.29, 0.717) is 0 Å². The Morgan fingerprint density at radius 1 is 1.00 bits per heavy atom. The zero-order valence-corrected chi connectivity index (χ0v) is 11.9. The van der Waals surface area contributed by atoms with Gasteiger partial charge in [0.15, 0.2) is 0 Å². The van der Waals surface area contributed by atoms with E-state index in [1.165, 1.54) is 4.46 Å². The fourth-order valence-electron chi connectivity index (χ4n) is 1.52. The van der Waals surface area contributed by atoms with Crippen LogP contribution in [0.3, 0.4) is 0 Å². The van der Waals surface area contributed by atoms with Crippen LogP contribution in [0.2, 0.25) is 4.82 Å². The molecule has 2 rings (SSSR count). The minimum atomic E-state index is 0.0279. The van der Waals surface area contributed by atoms with Crippen LogP contribution in [-0.2, 0) is 4.79 Å². The molecule has 0 aliphatic rings. The molecule has 1 amide bonds. The maximum atomic E-state index is 12.0. The fraction of sp³-hybridized carbons (Fsp3) is 0.133. The third-order valence-electron chi connectivity index (χ3n) is 2.47. The van der Waals surface area contributed by atoms with Crippen molar-refractivity contribution in [3.8, 4) is 0 Å². The first-order valence-electron chi connectivity index (χ1n) is 5.83. The Morgan fingerprint density at radius 2 is 1.56 bits per heavy atom. The van der Waals surface area contributed by atoms with Crippen LogP contribution in [0.15, 0.2) is 60.7 Å². The van der Waals surface area contributed by atoms with Gasteiger partial charge in [0.05, 0.1) is 0 Å². The first-order valence-corrected chi connectivity index (χ1v) is 7.68. The number of carbonyl (C=O) groups is 1. The first kappa shape index (κ1) is 12.9. The zero-order chi connectivity index (χ0) is 12.8. The van der Waals surface area contributed by atoms with E-state index in [-0.39, 0.29) is 25.7 Å². The summed E-state index contributed by atoms with van der Waals surface area (Å²) >= 11 is 0.167. The summed E-state index contributed by atoms with van der Waals surface area (Å²) in [6.07, 6.45) is 0. The molecule has 0 fully saturated rings. The summed E-state index contributed by atoms with van der Waals surface area (Å²) in [5, 5.41) is 2.94. The summed E-state index contributed by atoms with van der Waals surface area (Å²) in [5.74, 6) is 0.0880. The third kappa shape index (κ3) is 3.73. The van der Waals surface area contributed by atoms with Gasteiger partial charge in [-0.15, -0.1) is 0 Å². The molecular formula is C15H15NOSe. The summed E-state index contributed by atoms with van der Waals surface area (Å²) in [5.41, 5.74) is 0.859. The number of anilines is 1. The van der Waals surface area contributed by atoms with Crippen molar-refractivity contribution in [2.75, 3.05) is 5.32 Å². The van der Waals surface area contributed by atoms with Gasteiger partial charge in [0.2, 0.25) is 0 Å². The van der Waals surface area contributed by atoms with Crippen molar-refractivity contribution in [2.24, 2.45) is 0 Å². The van der Waals surface area contributed by atoms with E-state index in [1.54, 1.807) is 0 Å². The van der Waals surface area contributed by atoms with Crippen LogP contribution in [-0.4, -0.2) is 20.9 Å².